The lowest BCUT2D eigenvalue weighted by Crippen LogP contribution is -2.50. The Morgan fingerprint density at radius 3 is 2.00 bits per heavy atom. The molecule has 0 saturated carbocycles. The average molecular weight is 247 g/mol. The fourth-order valence-electron chi connectivity index (χ4n) is 1.33. The molecule has 94 valence electrons. The fourth-order valence-corrected chi connectivity index (χ4v) is 3.77. The van der Waals surface area contributed by atoms with E-state index in [0.717, 1.165) is 0 Å². The van der Waals surface area contributed by atoms with Gasteiger partial charge in [-0.1, -0.05) is 6.92 Å². The van der Waals surface area contributed by atoms with Gasteiger partial charge in [-0.15, -0.1) is 0 Å². The summed E-state index contributed by atoms with van der Waals surface area (Å²) in [6.07, 6.45) is 1.50. The van der Waals surface area contributed by atoms with Gasteiger partial charge in [-0.25, -0.2) is 4.79 Å². The number of carbonyl (C=O) groups excluding carboxylic acids is 1. The summed E-state index contributed by atoms with van der Waals surface area (Å²) in [5.74, 6) is 0. The van der Waals surface area contributed by atoms with Crippen molar-refractivity contribution in [3.8, 4) is 0 Å². The molecule has 0 spiro atoms. The van der Waals surface area contributed by atoms with E-state index in [2.05, 4.69) is 4.99 Å². The van der Waals surface area contributed by atoms with Crippen LogP contribution in [0, 0.1) is 0 Å². The van der Waals surface area contributed by atoms with E-state index >= 15 is 0 Å². The van der Waals surface area contributed by atoms with E-state index < -0.39 is 14.5 Å². The zero-order chi connectivity index (χ0) is 12.7. The summed E-state index contributed by atoms with van der Waals surface area (Å²) in [6, 6.07) is 0.645. The number of hydrogen-bond donors (Lipinski definition) is 0. The maximum absolute atomic E-state index is 10.3. The number of rotatable bonds is 8. The zero-order valence-corrected chi connectivity index (χ0v) is 11.7. The number of isocyanates is 1. The second-order valence-electron chi connectivity index (χ2n) is 3.65. The minimum Gasteiger partial charge on any atom is -0.374 e. The van der Waals surface area contributed by atoms with Crippen molar-refractivity contribution < 1.29 is 18.1 Å². The van der Waals surface area contributed by atoms with Gasteiger partial charge in [0.1, 0.15) is 0 Å². The molecule has 0 aliphatic rings. The maximum atomic E-state index is 10.3. The second kappa shape index (κ2) is 6.93. The van der Waals surface area contributed by atoms with Crippen LogP contribution in [0.3, 0.4) is 0 Å². The van der Waals surface area contributed by atoms with Crippen LogP contribution in [-0.2, 0) is 18.1 Å². The predicted molar refractivity (Wildman–Crippen MR) is 62.8 cm³/mol. The Balaban J connectivity index is 4.81. The molecule has 6 heteroatoms. The van der Waals surface area contributed by atoms with E-state index in [9.17, 15) is 4.79 Å². The molecular formula is C10H21NO4Si. The molecular weight excluding hydrogens is 226 g/mol. The number of hydrogen-bond acceptors (Lipinski definition) is 5. The van der Waals surface area contributed by atoms with Gasteiger partial charge in [0.25, 0.3) is 0 Å². The van der Waals surface area contributed by atoms with Crippen LogP contribution in [0.4, 0.5) is 0 Å². The van der Waals surface area contributed by atoms with Crippen molar-refractivity contribution >= 4 is 14.9 Å². The molecule has 0 unspecified atom stereocenters. The Morgan fingerprint density at radius 1 is 1.19 bits per heavy atom. The monoisotopic (exact) mass is 247 g/mol. The highest BCUT2D eigenvalue weighted by atomic mass is 28.4. The molecule has 0 N–H and O–H groups in total. The lowest BCUT2D eigenvalue weighted by molar-refractivity contribution is -0.00452. The summed E-state index contributed by atoms with van der Waals surface area (Å²) < 4.78 is 17.0. The molecule has 0 amide bonds. The molecule has 0 fully saturated rings. The largest absolute Gasteiger partial charge is 0.502 e. The van der Waals surface area contributed by atoms with Crippen molar-refractivity contribution in [1.29, 1.82) is 0 Å². The molecule has 16 heavy (non-hydrogen) atoms. The van der Waals surface area contributed by atoms with Crippen LogP contribution in [0.25, 0.3) is 0 Å². The predicted octanol–water partition coefficient (Wildman–Crippen LogP) is 2.11. The highest BCUT2D eigenvalue weighted by Gasteiger charge is 2.43. The molecule has 0 aromatic heterocycles. The fraction of sp³-hybridized carbons (Fsp3) is 0.900. The molecule has 0 aliphatic carbocycles. The SMILES string of the molecule is CCO[Si](CC)(OCC)OC(C)(C)N=C=O. The molecule has 5 nitrogen and oxygen atoms in total. The molecule has 0 aromatic rings. The van der Waals surface area contributed by atoms with Crippen molar-refractivity contribution in [2.45, 2.75) is 46.4 Å². The molecule has 0 heterocycles. The van der Waals surface area contributed by atoms with E-state index in [0.29, 0.717) is 19.3 Å². The summed E-state index contributed by atoms with van der Waals surface area (Å²) in [5.41, 5.74) is -0.950. The van der Waals surface area contributed by atoms with Gasteiger partial charge in [-0.05, 0) is 27.7 Å². The van der Waals surface area contributed by atoms with Crippen LogP contribution in [0.1, 0.15) is 34.6 Å². The molecule has 0 bridgehead atoms. The standard InChI is InChI=1S/C10H21NO4Si/c1-6-13-16(8-3,14-7-2)15-10(4,5)11-9-12/h6-8H2,1-5H3. The normalized spacial score (nSPS) is 12.3. The maximum Gasteiger partial charge on any atom is 0.502 e. The van der Waals surface area contributed by atoms with Crippen molar-refractivity contribution in [3.05, 3.63) is 0 Å². The van der Waals surface area contributed by atoms with E-state index in [4.69, 9.17) is 13.3 Å². The second-order valence-corrected chi connectivity index (χ2v) is 6.51. The van der Waals surface area contributed by atoms with Gasteiger partial charge in [-0.3, -0.25) is 0 Å². The third kappa shape index (κ3) is 5.00. The quantitative estimate of drug-likeness (QED) is 0.374. The van der Waals surface area contributed by atoms with E-state index in [-0.39, 0.29) is 0 Å². The highest BCUT2D eigenvalue weighted by Crippen LogP contribution is 2.23. The van der Waals surface area contributed by atoms with Crippen LogP contribution in [0.15, 0.2) is 4.99 Å². The van der Waals surface area contributed by atoms with Crippen LogP contribution < -0.4 is 0 Å². The van der Waals surface area contributed by atoms with E-state index in [1.807, 2.05) is 20.8 Å². The minimum absolute atomic E-state index is 0.515. The summed E-state index contributed by atoms with van der Waals surface area (Å²) in [5, 5.41) is 0. The van der Waals surface area contributed by atoms with Crippen LogP contribution in [-0.4, -0.2) is 33.8 Å². The van der Waals surface area contributed by atoms with E-state index in [1.54, 1.807) is 13.8 Å². The summed E-state index contributed by atoms with van der Waals surface area (Å²) in [4.78, 5) is 13.9. The first-order valence-electron chi connectivity index (χ1n) is 5.52. The Hall–Kier alpha value is -0.523. The summed E-state index contributed by atoms with van der Waals surface area (Å²) in [6.45, 7) is 10.1. The number of nitrogens with zero attached hydrogens (tertiary/aromatic N) is 1. The first-order valence-corrected chi connectivity index (χ1v) is 7.45. The van der Waals surface area contributed by atoms with Crippen molar-refractivity contribution in [1.82, 2.24) is 0 Å². The third-order valence-electron chi connectivity index (χ3n) is 1.88. The zero-order valence-electron chi connectivity index (χ0n) is 10.7. The van der Waals surface area contributed by atoms with Gasteiger partial charge < -0.3 is 13.3 Å². The third-order valence-corrected chi connectivity index (χ3v) is 5.02. The summed E-state index contributed by atoms with van der Waals surface area (Å²) >= 11 is 0. The van der Waals surface area contributed by atoms with Gasteiger partial charge in [0, 0.05) is 19.3 Å². The topological polar surface area (TPSA) is 57.1 Å². The molecule has 0 saturated heterocycles. The highest BCUT2D eigenvalue weighted by molar-refractivity contribution is 6.60. The van der Waals surface area contributed by atoms with Crippen molar-refractivity contribution in [3.63, 3.8) is 0 Å². The molecule has 0 radical (unpaired) electrons. The van der Waals surface area contributed by atoms with Crippen molar-refractivity contribution in [2.75, 3.05) is 13.2 Å². The first kappa shape index (κ1) is 15.5. The van der Waals surface area contributed by atoms with Gasteiger partial charge in [0.2, 0.25) is 6.08 Å². The molecule has 0 aliphatic heterocycles. The lowest BCUT2D eigenvalue weighted by Gasteiger charge is -2.33. The van der Waals surface area contributed by atoms with Gasteiger partial charge in [-0.2, -0.15) is 4.99 Å². The molecule has 0 aromatic carbocycles. The van der Waals surface area contributed by atoms with E-state index in [1.165, 1.54) is 6.08 Å². The Bertz CT molecular complexity index is 245. The van der Waals surface area contributed by atoms with Crippen LogP contribution in [0.2, 0.25) is 6.04 Å². The lowest BCUT2D eigenvalue weighted by atomic mass is 10.3. The average Bonchev–Trinajstić information content (AvgIpc) is 2.17. The van der Waals surface area contributed by atoms with Crippen LogP contribution in [0.5, 0.6) is 0 Å². The summed E-state index contributed by atoms with van der Waals surface area (Å²) in [7, 11) is -2.71. The van der Waals surface area contributed by atoms with Crippen molar-refractivity contribution in [2.24, 2.45) is 4.99 Å². The van der Waals surface area contributed by atoms with Gasteiger partial charge >= 0.3 is 8.80 Å². The molecule has 0 rings (SSSR count). The minimum atomic E-state index is -2.71. The molecule has 0 atom stereocenters. The van der Waals surface area contributed by atoms with Gasteiger partial charge in [0.15, 0.2) is 5.72 Å². The Morgan fingerprint density at radius 2 is 1.69 bits per heavy atom. The first-order chi connectivity index (χ1) is 7.45. The Labute approximate surface area is 98.2 Å². The number of aliphatic imine (C=N–C) groups is 1. The van der Waals surface area contributed by atoms with Gasteiger partial charge in [0.05, 0.1) is 0 Å². The Kier molecular flexibility index (Phi) is 6.70. The van der Waals surface area contributed by atoms with Crippen LogP contribution >= 0.6 is 0 Å². The smallest absolute Gasteiger partial charge is 0.374 e.